The standard InChI is InChI=1S/C27H31N3O6/c1-3-12-28-13-14-29(24(31)16-30-25(32)17-36-18-26(30)33)22(27(28)34)15-19-8-4-5-9-20(19)21-10-6-7-11-23(21)35-2/h4-11,22H,3,12-18H2,1-2H3. The van der Waals surface area contributed by atoms with Crippen molar-refractivity contribution in [1.29, 1.82) is 0 Å². The van der Waals surface area contributed by atoms with Crippen LogP contribution in [0.5, 0.6) is 5.75 Å². The van der Waals surface area contributed by atoms with E-state index in [-0.39, 0.29) is 19.1 Å². The van der Waals surface area contributed by atoms with E-state index in [2.05, 4.69) is 0 Å². The molecule has 1 unspecified atom stereocenters. The van der Waals surface area contributed by atoms with E-state index in [1.165, 1.54) is 4.90 Å². The van der Waals surface area contributed by atoms with Crippen LogP contribution in [-0.2, 0) is 30.3 Å². The second-order valence-electron chi connectivity index (χ2n) is 8.86. The van der Waals surface area contributed by atoms with Gasteiger partial charge in [-0.25, -0.2) is 0 Å². The van der Waals surface area contributed by atoms with Crippen molar-refractivity contribution in [1.82, 2.24) is 14.7 Å². The minimum absolute atomic E-state index is 0.133. The topological polar surface area (TPSA) is 96.5 Å². The van der Waals surface area contributed by atoms with E-state index in [1.807, 2.05) is 55.5 Å². The highest BCUT2D eigenvalue weighted by Crippen LogP contribution is 2.33. The number of piperazine rings is 1. The van der Waals surface area contributed by atoms with Crippen molar-refractivity contribution in [3.8, 4) is 16.9 Å². The van der Waals surface area contributed by atoms with Crippen molar-refractivity contribution in [2.24, 2.45) is 0 Å². The molecular formula is C27H31N3O6. The van der Waals surface area contributed by atoms with Crippen LogP contribution in [0.3, 0.4) is 0 Å². The number of amides is 4. The molecule has 9 nitrogen and oxygen atoms in total. The quantitative estimate of drug-likeness (QED) is 0.520. The SMILES string of the molecule is CCCN1CCN(C(=O)CN2C(=O)COCC2=O)C(Cc2ccccc2-c2ccccc2OC)C1=O. The van der Waals surface area contributed by atoms with Gasteiger partial charge in [-0.15, -0.1) is 0 Å². The molecule has 0 aromatic heterocycles. The summed E-state index contributed by atoms with van der Waals surface area (Å²) in [7, 11) is 1.61. The Balaban J connectivity index is 1.65. The molecule has 2 heterocycles. The molecule has 4 amide bonds. The number of para-hydroxylation sites is 1. The van der Waals surface area contributed by atoms with Gasteiger partial charge in [0.05, 0.1) is 7.11 Å². The van der Waals surface area contributed by atoms with Gasteiger partial charge in [0.25, 0.3) is 11.8 Å². The first-order valence-corrected chi connectivity index (χ1v) is 12.1. The molecule has 190 valence electrons. The molecule has 2 aliphatic rings. The number of morpholine rings is 1. The van der Waals surface area contributed by atoms with Gasteiger partial charge in [-0.3, -0.25) is 24.1 Å². The summed E-state index contributed by atoms with van der Waals surface area (Å²) in [6, 6.07) is 14.7. The van der Waals surface area contributed by atoms with Crippen LogP contribution in [-0.4, -0.2) is 90.9 Å². The first-order valence-electron chi connectivity index (χ1n) is 12.1. The highest BCUT2D eigenvalue weighted by Gasteiger charge is 2.39. The number of ether oxygens (including phenoxy) is 2. The van der Waals surface area contributed by atoms with E-state index in [9.17, 15) is 19.2 Å². The zero-order valence-electron chi connectivity index (χ0n) is 20.6. The number of rotatable bonds is 8. The van der Waals surface area contributed by atoms with Gasteiger partial charge in [0.15, 0.2) is 0 Å². The monoisotopic (exact) mass is 493 g/mol. The Morgan fingerprint density at radius 3 is 2.33 bits per heavy atom. The zero-order valence-corrected chi connectivity index (χ0v) is 20.6. The van der Waals surface area contributed by atoms with Crippen molar-refractivity contribution in [2.75, 3.05) is 46.5 Å². The molecule has 0 bridgehead atoms. The Labute approximate surface area is 210 Å². The summed E-state index contributed by atoms with van der Waals surface area (Å²) in [6.45, 7) is 2.48. The number of benzene rings is 2. The van der Waals surface area contributed by atoms with E-state index in [1.54, 1.807) is 12.0 Å². The van der Waals surface area contributed by atoms with Crippen LogP contribution in [0.4, 0.5) is 0 Å². The Morgan fingerprint density at radius 1 is 0.972 bits per heavy atom. The highest BCUT2D eigenvalue weighted by atomic mass is 16.5. The molecular weight excluding hydrogens is 462 g/mol. The van der Waals surface area contributed by atoms with E-state index >= 15 is 0 Å². The van der Waals surface area contributed by atoms with Crippen LogP contribution in [0.2, 0.25) is 0 Å². The summed E-state index contributed by atoms with van der Waals surface area (Å²) in [6.07, 6.45) is 1.10. The molecule has 0 aliphatic carbocycles. The summed E-state index contributed by atoms with van der Waals surface area (Å²) in [5.74, 6) is -0.944. The molecule has 2 aromatic carbocycles. The molecule has 2 saturated heterocycles. The molecule has 1 atom stereocenters. The van der Waals surface area contributed by atoms with Gasteiger partial charge in [0.1, 0.15) is 31.5 Å². The molecule has 4 rings (SSSR count). The van der Waals surface area contributed by atoms with Crippen molar-refractivity contribution in [3.05, 3.63) is 54.1 Å². The summed E-state index contributed by atoms with van der Waals surface area (Å²) >= 11 is 0. The average Bonchev–Trinajstić information content (AvgIpc) is 2.89. The molecule has 2 aliphatic heterocycles. The van der Waals surface area contributed by atoms with Crippen molar-refractivity contribution >= 4 is 23.6 Å². The maximum atomic E-state index is 13.6. The molecule has 2 fully saturated rings. The molecule has 2 aromatic rings. The number of hydrogen-bond donors (Lipinski definition) is 0. The predicted octanol–water partition coefficient (Wildman–Crippen LogP) is 1.74. The highest BCUT2D eigenvalue weighted by molar-refractivity contribution is 6.02. The summed E-state index contributed by atoms with van der Waals surface area (Å²) in [5, 5.41) is 0. The Kier molecular flexibility index (Phi) is 8.00. The second-order valence-corrected chi connectivity index (χ2v) is 8.86. The van der Waals surface area contributed by atoms with Gasteiger partial charge in [0.2, 0.25) is 11.8 Å². The van der Waals surface area contributed by atoms with E-state index in [0.717, 1.165) is 28.0 Å². The molecule has 0 saturated carbocycles. The van der Waals surface area contributed by atoms with Crippen LogP contribution >= 0.6 is 0 Å². The van der Waals surface area contributed by atoms with E-state index < -0.39 is 30.3 Å². The zero-order chi connectivity index (χ0) is 25.7. The third kappa shape index (κ3) is 5.26. The van der Waals surface area contributed by atoms with Gasteiger partial charge in [-0.1, -0.05) is 49.4 Å². The Bertz CT molecular complexity index is 1130. The largest absolute Gasteiger partial charge is 0.496 e. The first-order chi connectivity index (χ1) is 17.4. The fourth-order valence-electron chi connectivity index (χ4n) is 4.79. The van der Waals surface area contributed by atoms with E-state index in [4.69, 9.17) is 9.47 Å². The van der Waals surface area contributed by atoms with Gasteiger partial charge in [-0.2, -0.15) is 0 Å². The summed E-state index contributed by atoms with van der Waals surface area (Å²) in [4.78, 5) is 55.5. The number of imide groups is 1. The van der Waals surface area contributed by atoms with Crippen molar-refractivity contribution < 1.29 is 28.7 Å². The lowest BCUT2D eigenvalue weighted by Crippen LogP contribution is -2.61. The average molecular weight is 494 g/mol. The van der Waals surface area contributed by atoms with Crippen LogP contribution in [0.25, 0.3) is 11.1 Å². The Hall–Kier alpha value is -3.72. The fraction of sp³-hybridized carbons (Fsp3) is 0.407. The van der Waals surface area contributed by atoms with Gasteiger partial charge >= 0.3 is 0 Å². The lowest BCUT2D eigenvalue weighted by Gasteiger charge is -2.41. The normalized spacial score (nSPS) is 18.6. The number of carbonyl (C=O) groups excluding carboxylic acids is 4. The van der Waals surface area contributed by atoms with Crippen LogP contribution < -0.4 is 4.74 Å². The molecule has 0 N–H and O–H groups in total. The van der Waals surface area contributed by atoms with Crippen molar-refractivity contribution in [3.63, 3.8) is 0 Å². The van der Waals surface area contributed by atoms with Gasteiger partial charge in [-0.05, 0) is 23.6 Å². The lowest BCUT2D eigenvalue weighted by atomic mass is 9.92. The van der Waals surface area contributed by atoms with Gasteiger partial charge < -0.3 is 19.3 Å². The summed E-state index contributed by atoms with van der Waals surface area (Å²) < 4.78 is 10.5. The minimum Gasteiger partial charge on any atom is -0.496 e. The predicted molar refractivity (Wildman–Crippen MR) is 132 cm³/mol. The third-order valence-electron chi connectivity index (χ3n) is 6.57. The third-order valence-corrected chi connectivity index (χ3v) is 6.57. The second kappa shape index (κ2) is 11.3. The molecule has 0 spiro atoms. The molecule has 0 radical (unpaired) electrons. The molecule has 36 heavy (non-hydrogen) atoms. The van der Waals surface area contributed by atoms with Crippen LogP contribution in [0, 0.1) is 0 Å². The number of carbonyl (C=O) groups is 4. The van der Waals surface area contributed by atoms with Gasteiger partial charge in [0, 0.05) is 31.6 Å². The fourth-order valence-corrected chi connectivity index (χ4v) is 4.79. The summed E-state index contributed by atoms with van der Waals surface area (Å²) in [5.41, 5.74) is 2.71. The maximum absolute atomic E-state index is 13.6. The van der Waals surface area contributed by atoms with Crippen LogP contribution in [0.1, 0.15) is 18.9 Å². The molecule has 9 heteroatoms. The number of hydrogen-bond acceptors (Lipinski definition) is 6. The maximum Gasteiger partial charge on any atom is 0.255 e. The van der Waals surface area contributed by atoms with E-state index in [0.29, 0.717) is 31.8 Å². The first kappa shape index (κ1) is 25.4. The number of methoxy groups -OCH3 is 1. The van der Waals surface area contributed by atoms with Crippen molar-refractivity contribution in [2.45, 2.75) is 25.8 Å². The smallest absolute Gasteiger partial charge is 0.255 e. The van der Waals surface area contributed by atoms with Crippen LogP contribution in [0.15, 0.2) is 48.5 Å². The lowest BCUT2D eigenvalue weighted by molar-refractivity contribution is -0.163. The Morgan fingerprint density at radius 2 is 1.64 bits per heavy atom. The minimum atomic E-state index is -0.750. The number of nitrogens with zero attached hydrogens (tertiary/aromatic N) is 3.